The highest BCUT2D eigenvalue weighted by atomic mass is 19.2. The van der Waals surface area contributed by atoms with Crippen molar-refractivity contribution in [3.63, 3.8) is 0 Å². The lowest BCUT2D eigenvalue weighted by Gasteiger charge is -2.25. The third kappa shape index (κ3) is 1.87. The summed E-state index contributed by atoms with van der Waals surface area (Å²) >= 11 is 0. The Morgan fingerprint density at radius 1 is 1.06 bits per heavy atom. The van der Waals surface area contributed by atoms with E-state index >= 15 is 0 Å². The van der Waals surface area contributed by atoms with E-state index in [2.05, 4.69) is 9.68 Å². The molecule has 1 fully saturated rings. The lowest BCUT2D eigenvalue weighted by molar-refractivity contribution is -0.192. The average Bonchev–Trinajstić information content (AvgIpc) is 2.30. The molecule has 0 amide bonds. The number of anilines is 1. The predicted molar refractivity (Wildman–Crippen MR) is 44.1 cm³/mol. The summed E-state index contributed by atoms with van der Waals surface area (Å²) in [6, 6.07) is 1.40. The van der Waals surface area contributed by atoms with Crippen LogP contribution in [0.1, 0.15) is 0 Å². The van der Waals surface area contributed by atoms with Crippen molar-refractivity contribution in [2.75, 3.05) is 5.17 Å². The number of hydrogen-bond donors (Lipinski definition) is 1. The number of carbonyl (C=O) groups excluding carboxylic acids is 2. The van der Waals surface area contributed by atoms with Gasteiger partial charge in [-0.2, -0.15) is 0 Å². The number of nitrogens with one attached hydrogen (secondary N) is 1. The van der Waals surface area contributed by atoms with Gasteiger partial charge < -0.3 is 9.68 Å². The molecule has 9 heteroatoms. The fraction of sp³-hybridized carbons (Fsp3) is 0. The number of halogens is 3. The first-order valence-corrected chi connectivity index (χ1v) is 4.13. The first-order chi connectivity index (χ1) is 8.00. The van der Waals surface area contributed by atoms with Crippen molar-refractivity contribution in [2.45, 2.75) is 0 Å². The number of benzene rings is 1. The van der Waals surface area contributed by atoms with Gasteiger partial charge in [0.2, 0.25) is 0 Å². The zero-order valence-corrected chi connectivity index (χ0v) is 7.87. The topological polar surface area (TPSA) is 67.9 Å². The Balaban J connectivity index is 2.32. The Bertz CT molecular complexity index is 508. The first-order valence-electron chi connectivity index (χ1n) is 4.13. The van der Waals surface area contributed by atoms with Gasteiger partial charge >= 0.3 is 11.9 Å². The smallest absolute Gasteiger partial charge is 0.338 e. The minimum atomic E-state index is -1.75. The molecule has 1 aromatic rings. The summed E-state index contributed by atoms with van der Waals surface area (Å²) in [5.74, 6) is -7.57. The van der Waals surface area contributed by atoms with Gasteiger partial charge in [-0.15, -0.1) is 0 Å². The molecule has 2 rings (SSSR count). The van der Waals surface area contributed by atoms with Gasteiger partial charge in [-0.05, 0) is 17.7 Å². The number of hydrogen-bond acceptors (Lipinski definition) is 6. The second-order valence-electron chi connectivity index (χ2n) is 2.85. The fourth-order valence-electron chi connectivity index (χ4n) is 1.03. The number of nitrogens with zero attached hydrogens (tertiary/aromatic N) is 1. The van der Waals surface area contributed by atoms with Crippen LogP contribution >= 0.6 is 0 Å². The summed E-state index contributed by atoms with van der Waals surface area (Å²) in [6.45, 7) is 0. The monoisotopic (exact) mass is 248 g/mol. The second-order valence-corrected chi connectivity index (χ2v) is 2.85. The van der Waals surface area contributed by atoms with Crippen LogP contribution in [-0.4, -0.2) is 11.9 Å². The van der Waals surface area contributed by atoms with Gasteiger partial charge in [0.15, 0.2) is 17.5 Å². The van der Waals surface area contributed by atoms with Crippen molar-refractivity contribution < 1.29 is 32.4 Å². The summed E-state index contributed by atoms with van der Waals surface area (Å²) in [5.41, 5.74) is 1.05. The molecule has 1 aliphatic rings. The van der Waals surface area contributed by atoms with Crippen LogP contribution in [0.3, 0.4) is 0 Å². The van der Waals surface area contributed by atoms with Crippen molar-refractivity contribution in [1.82, 2.24) is 5.59 Å². The van der Waals surface area contributed by atoms with E-state index in [0.29, 0.717) is 6.07 Å². The molecule has 90 valence electrons. The van der Waals surface area contributed by atoms with Gasteiger partial charge in [-0.25, -0.2) is 22.8 Å². The van der Waals surface area contributed by atoms with Crippen LogP contribution in [0.4, 0.5) is 18.9 Å². The highest BCUT2D eigenvalue weighted by Crippen LogP contribution is 2.23. The minimum absolute atomic E-state index is 0.252. The molecule has 1 saturated heterocycles. The maximum absolute atomic E-state index is 13.2. The summed E-state index contributed by atoms with van der Waals surface area (Å²) in [4.78, 5) is 29.6. The van der Waals surface area contributed by atoms with Crippen LogP contribution in [-0.2, 0) is 19.3 Å². The molecule has 0 unspecified atom stereocenters. The molecule has 0 radical (unpaired) electrons. The molecule has 17 heavy (non-hydrogen) atoms. The van der Waals surface area contributed by atoms with Gasteiger partial charge in [0.05, 0.1) is 0 Å². The average molecular weight is 248 g/mol. The van der Waals surface area contributed by atoms with Crippen LogP contribution in [0.25, 0.3) is 0 Å². The van der Waals surface area contributed by atoms with Crippen LogP contribution in [0.2, 0.25) is 0 Å². The minimum Gasteiger partial charge on any atom is -0.338 e. The Hall–Kier alpha value is -2.29. The van der Waals surface area contributed by atoms with Crippen LogP contribution in [0, 0.1) is 17.5 Å². The third-order valence-corrected chi connectivity index (χ3v) is 1.80. The number of hydrazine groups is 1. The van der Waals surface area contributed by atoms with E-state index < -0.39 is 35.1 Å². The quantitative estimate of drug-likeness (QED) is 0.571. The zero-order valence-electron chi connectivity index (χ0n) is 7.87. The summed E-state index contributed by atoms with van der Waals surface area (Å²) in [7, 11) is 0. The van der Waals surface area contributed by atoms with E-state index in [0.717, 1.165) is 6.07 Å². The van der Waals surface area contributed by atoms with E-state index in [1.54, 1.807) is 5.59 Å². The molecule has 6 nitrogen and oxygen atoms in total. The van der Waals surface area contributed by atoms with Crippen LogP contribution < -0.4 is 10.8 Å². The zero-order chi connectivity index (χ0) is 12.6. The number of carbonyl (C=O) groups is 2. The largest absolute Gasteiger partial charge is 0.444 e. The maximum atomic E-state index is 13.2. The van der Waals surface area contributed by atoms with Crippen LogP contribution in [0.5, 0.6) is 0 Å². The molecule has 1 N–H and O–H groups in total. The lowest BCUT2D eigenvalue weighted by atomic mass is 10.3. The fourth-order valence-corrected chi connectivity index (χ4v) is 1.03. The molecule has 0 spiro atoms. The molecule has 0 aromatic heterocycles. The van der Waals surface area contributed by atoms with Crippen molar-refractivity contribution >= 4 is 17.6 Å². The summed E-state index contributed by atoms with van der Waals surface area (Å²) in [6.07, 6.45) is 0. The van der Waals surface area contributed by atoms with E-state index in [9.17, 15) is 22.8 Å². The van der Waals surface area contributed by atoms with E-state index in [1.165, 1.54) is 0 Å². The van der Waals surface area contributed by atoms with Crippen LogP contribution in [0.15, 0.2) is 12.1 Å². The van der Waals surface area contributed by atoms with Crippen molar-refractivity contribution in [3.05, 3.63) is 29.6 Å². The van der Waals surface area contributed by atoms with Crippen molar-refractivity contribution in [2.24, 2.45) is 0 Å². The molecular weight excluding hydrogens is 245 g/mol. The molecule has 1 aromatic carbocycles. The Morgan fingerprint density at radius 3 is 2.41 bits per heavy atom. The predicted octanol–water partition coefficient (Wildman–Crippen LogP) is 0.345. The van der Waals surface area contributed by atoms with Gasteiger partial charge in [0.1, 0.15) is 5.69 Å². The van der Waals surface area contributed by atoms with Crippen molar-refractivity contribution in [1.29, 1.82) is 0 Å². The molecule has 1 heterocycles. The summed E-state index contributed by atoms with van der Waals surface area (Å²) in [5, 5.41) is 0.252. The first kappa shape index (κ1) is 11.2. The standard InChI is InChI=1S/C8H3F3N2O4/c9-3-1-2-4(6(11)5(3)10)13-12-16-7(14)8(15)17-13/h1-2,12H. The molecule has 0 atom stereocenters. The van der Waals surface area contributed by atoms with E-state index in [1.807, 2.05) is 0 Å². The maximum Gasteiger partial charge on any atom is 0.444 e. The van der Waals surface area contributed by atoms with E-state index in [-0.39, 0.29) is 5.17 Å². The molecule has 0 bridgehead atoms. The molecule has 0 aliphatic carbocycles. The highest BCUT2D eigenvalue weighted by Gasteiger charge is 2.31. The lowest BCUT2D eigenvalue weighted by Crippen LogP contribution is -2.50. The van der Waals surface area contributed by atoms with Gasteiger partial charge in [-0.1, -0.05) is 5.17 Å². The normalized spacial score (nSPS) is 15.6. The Labute approximate surface area is 91.4 Å². The second kappa shape index (κ2) is 3.94. The van der Waals surface area contributed by atoms with Gasteiger partial charge in [0.25, 0.3) is 0 Å². The SMILES string of the molecule is O=C1ONN(c2ccc(F)c(F)c2F)OC1=O. The van der Waals surface area contributed by atoms with Gasteiger partial charge in [-0.3, -0.25) is 0 Å². The third-order valence-electron chi connectivity index (χ3n) is 1.80. The van der Waals surface area contributed by atoms with E-state index in [4.69, 9.17) is 0 Å². The summed E-state index contributed by atoms with van der Waals surface area (Å²) < 4.78 is 38.7. The van der Waals surface area contributed by atoms with Gasteiger partial charge in [0, 0.05) is 0 Å². The Kier molecular flexibility index (Phi) is 2.60. The molecular formula is C8H3F3N2O4. The molecule has 0 saturated carbocycles. The highest BCUT2D eigenvalue weighted by molar-refractivity contribution is 6.30. The van der Waals surface area contributed by atoms with Crippen molar-refractivity contribution in [3.8, 4) is 0 Å². The molecule has 1 aliphatic heterocycles. The Morgan fingerprint density at radius 2 is 1.76 bits per heavy atom. The number of rotatable bonds is 1.